The van der Waals surface area contributed by atoms with Gasteiger partial charge in [0, 0.05) is 25.1 Å². The second-order valence-electron chi connectivity index (χ2n) is 5.91. The Balaban J connectivity index is 2.58. The van der Waals surface area contributed by atoms with Crippen molar-refractivity contribution in [3.8, 4) is 0 Å². The summed E-state index contributed by atoms with van der Waals surface area (Å²) >= 11 is 0. The zero-order chi connectivity index (χ0) is 16.0. The van der Waals surface area contributed by atoms with Gasteiger partial charge >= 0.3 is 0 Å². The molecule has 0 aliphatic heterocycles. The highest BCUT2D eigenvalue weighted by molar-refractivity contribution is 5.97. The van der Waals surface area contributed by atoms with E-state index in [1.807, 2.05) is 43.1 Å². The number of hydrogen-bond donors (Lipinski definition) is 1. The molecule has 0 heterocycles. The van der Waals surface area contributed by atoms with Crippen molar-refractivity contribution in [3.63, 3.8) is 0 Å². The number of ketones is 1. The van der Waals surface area contributed by atoms with Gasteiger partial charge in [0.1, 0.15) is 0 Å². The fraction of sp³-hybridized carbons (Fsp3) is 0.529. The van der Waals surface area contributed by atoms with Crippen LogP contribution in [0, 0.1) is 5.92 Å². The molecule has 0 fully saturated rings. The van der Waals surface area contributed by atoms with E-state index in [4.69, 9.17) is 0 Å². The summed E-state index contributed by atoms with van der Waals surface area (Å²) in [7, 11) is 3.49. The average molecular weight is 290 g/mol. The van der Waals surface area contributed by atoms with Crippen LogP contribution in [0.1, 0.15) is 42.6 Å². The average Bonchev–Trinajstić information content (AvgIpc) is 2.46. The standard InChI is InChI=1S/C17H26N2O2/c1-12(2)14-6-8-15(9-7-14)16(20)11-19(5)10-13(3)17(21)18-4/h6-9,12-13H,10-11H2,1-5H3,(H,18,21). The molecule has 1 aromatic rings. The summed E-state index contributed by atoms with van der Waals surface area (Å²) in [6.45, 7) is 7.00. The highest BCUT2D eigenvalue weighted by Gasteiger charge is 2.16. The zero-order valence-electron chi connectivity index (χ0n) is 13.6. The Labute approximate surface area is 127 Å². The Morgan fingerprint density at radius 1 is 1.14 bits per heavy atom. The van der Waals surface area contributed by atoms with Crippen molar-refractivity contribution in [2.24, 2.45) is 5.92 Å². The van der Waals surface area contributed by atoms with Crippen LogP contribution in [0.3, 0.4) is 0 Å². The normalized spacial score (nSPS) is 12.5. The summed E-state index contributed by atoms with van der Waals surface area (Å²) in [6, 6.07) is 7.78. The van der Waals surface area contributed by atoms with Crippen LogP contribution in [0.4, 0.5) is 0 Å². The molecule has 1 unspecified atom stereocenters. The first-order valence-electron chi connectivity index (χ1n) is 7.38. The molecule has 0 aliphatic carbocycles. The molecular formula is C17H26N2O2. The molecule has 0 spiro atoms. The molecule has 1 rings (SSSR count). The number of carbonyl (C=O) groups is 2. The summed E-state index contributed by atoms with van der Waals surface area (Å²) in [5.41, 5.74) is 1.95. The molecule has 0 aromatic heterocycles. The number of nitrogens with one attached hydrogen (secondary N) is 1. The first-order chi connectivity index (χ1) is 9.85. The highest BCUT2D eigenvalue weighted by atomic mass is 16.1. The lowest BCUT2D eigenvalue weighted by Gasteiger charge is -2.19. The van der Waals surface area contributed by atoms with Gasteiger partial charge in [0.15, 0.2) is 5.78 Å². The summed E-state index contributed by atoms with van der Waals surface area (Å²) in [5, 5.41) is 2.62. The summed E-state index contributed by atoms with van der Waals surface area (Å²) < 4.78 is 0. The van der Waals surface area contributed by atoms with E-state index in [0.717, 1.165) is 5.56 Å². The lowest BCUT2D eigenvalue weighted by Crippen LogP contribution is -2.36. The van der Waals surface area contributed by atoms with Crippen LogP contribution in [0.15, 0.2) is 24.3 Å². The molecule has 0 bridgehead atoms. The second-order valence-corrected chi connectivity index (χ2v) is 5.91. The van der Waals surface area contributed by atoms with Crippen LogP contribution in [-0.4, -0.2) is 43.8 Å². The maximum atomic E-state index is 12.2. The van der Waals surface area contributed by atoms with Gasteiger partial charge in [-0.15, -0.1) is 0 Å². The van der Waals surface area contributed by atoms with Gasteiger partial charge in [0.2, 0.25) is 5.91 Å². The van der Waals surface area contributed by atoms with E-state index >= 15 is 0 Å². The summed E-state index contributed by atoms with van der Waals surface area (Å²) in [6.07, 6.45) is 0. The number of Topliss-reactive ketones (excluding diaryl/α,β-unsaturated/α-hetero) is 1. The minimum absolute atomic E-state index is 0.00409. The fourth-order valence-corrected chi connectivity index (χ4v) is 2.25. The number of likely N-dealkylation sites (N-methyl/N-ethyl adjacent to an activating group) is 1. The number of carbonyl (C=O) groups excluding carboxylic acids is 2. The molecule has 1 amide bonds. The van der Waals surface area contributed by atoms with Gasteiger partial charge in [-0.05, 0) is 18.5 Å². The molecule has 4 nitrogen and oxygen atoms in total. The molecule has 116 valence electrons. The van der Waals surface area contributed by atoms with E-state index in [0.29, 0.717) is 19.0 Å². The van der Waals surface area contributed by atoms with Crippen LogP contribution in [0.5, 0.6) is 0 Å². The largest absolute Gasteiger partial charge is 0.359 e. The third-order valence-electron chi connectivity index (χ3n) is 3.59. The van der Waals surface area contributed by atoms with Gasteiger partial charge in [-0.2, -0.15) is 0 Å². The monoisotopic (exact) mass is 290 g/mol. The highest BCUT2D eigenvalue weighted by Crippen LogP contribution is 2.15. The van der Waals surface area contributed by atoms with Crippen molar-refractivity contribution < 1.29 is 9.59 Å². The Bertz CT molecular complexity index is 480. The fourth-order valence-electron chi connectivity index (χ4n) is 2.25. The zero-order valence-corrected chi connectivity index (χ0v) is 13.6. The van der Waals surface area contributed by atoms with Crippen molar-refractivity contribution in [1.82, 2.24) is 10.2 Å². The van der Waals surface area contributed by atoms with Gasteiger partial charge in [-0.3, -0.25) is 14.5 Å². The quantitative estimate of drug-likeness (QED) is 0.784. The topological polar surface area (TPSA) is 49.4 Å². The van der Waals surface area contributed by atoms with E-state index in [9.17, 15) is 9.59 Å². The maximum absolute atomic E-state index is 12.2. The van der Waals surface area contributed by atoms with Crippen molar-refractivity contribution >= 4 is 11.7 Å². The van der Waals surface area contributed by atoms with Crippen molar-refractivity contribution in [1.29, 1.82) is 0 Å². The van der Waals surface area contributed by atoms with E-state index in [1.54, 1.807) is 7.05 Å². The van der Waals surface area contributed by atoms with Crippen LogP contribution in [0.25, 0.3) is 0 Å². The van der Waals surface area contributed by atoms with Gasteiger partial charge < -0.3 is 5.32 Å². The maximum Gasteiger partial charge on any atom is 0.223 e. The van der Waals surface area contributed by atoms with Gasteiger partial charge in [0.05, 0.1) is 6.54 Å². The lowest BCUT2D eigenvalue weighted by atomic mass is 10.0. The molecule has 0 saturated heterocycles. The van der Waals surface area contributed by atoms with Crippen LogP contribution < -0.4 is 5.32 Å². The molecule has 1 aromatic carbocycles. The SMILES string of the molecule is CNC(=O)C(C)CN(C)CC(=O)c1ccc(C(C)C)cc1. The number of amides is 1. The molecule has 21 heavy (non-hydrogen) atoms. The Kier molecular flexibility index (Phi) is 6.56. The molecule has 0 radical (unpaired) electrons. The number of benzene rings is 1. The van der Waals surface area contributed by atoms with Crippen molar-refractivity contribution in [2.75, 3.05) is 27.2 Å². The Morgan fingerprint density at radius 2 is 1.71 bits per heavy atom. The molecule has 0 aliphatic rings. The molecule has 1 N–H and O–H groups in total. The van der Waals surface area contributed by atoms with Crippen LogP contribution in [0.2, 0.25) is 0 Å². The lowest BCUT2D eigenvalue weighted by molar-refractivity contribution is -0.124. The predicted molar refractivity (Wildman–Crippen MR) is 85.6 cm³/mol. The molecule has 4 heteroatoms. The number of rotatable bonds is 7. The Morgan fingerprint density at radius 3 is 2.19 bits per heavy atom. The third kappa shape index (κ3) is 5.31. The predicted octanol–water partition coefficient (Wildman–Crippen LogP) is 2.31. The van der Waals surface area contributed by atoms with Crippen molar-refractivity contribution in [3.05, 3.63) is 35.4 Å². The van der Waals surface area contributed by atoms with E-state index in [2.05, 4.69) is 19.2 Å². The molecule has 0 saturated carbocycles. The first-order valence-corrected chi connectivity index (χ1v) is 7.38. The summed E-state index contributed by atoms with van der Waals surface area (Å²) in [5.74, 6) is 0.411. The van der Waals surface area contributed by atoms with Crippen molar-refractivity contribution in [2.45, 2.75) is 26.7 Å². The minimum Gasteiger partial charge on any atom is -0.359 e. The van der Waals surface area contributed by atoms with Crippen LogP contribution >= 0.6 is 0 Å². The van der Waals surface area contributed by atoms with Gasteiger partial charge in [0.25, 0.3) is 0 Å². The van der Waals surface area contributed by atoms with Gasteiger partial charge in [-0.25, -0.2) is 0 Å². The van der Waals surface area contributed by atoms with E-state index in [-0.39, 0.29) is 17.6 Å². The van der Waals surface area contributed by atoms with Crippen LogP contribution in [-0.2, 0) is 4.79 Å². The number of nitrogens with zero attached hydrogens (tertiary/aromatic N) is 1. The van der Waals surface area contributed by atoms with E-state index in [1.165, 1.54) is 5.56 Å². The summed E-state index contributed by atoms with van der Waals surface area (Å²) in [4.78, 5) is 25.6. The molecular weight excluding hydrogens is 264 g/mol. The second kappa shape index (κ2) is 7.93. The smallest absolute Gasteiger partial charge is 0.223 e. The van der Waals surface area contributed by atoms with Gasteiger partial charge in [-0.1, -0.05) is 45.0 Å². The minimum atomic E-state index is -0.129. The van der Waals surface area contributed by atoms with E-state index < -0.39 is 0 Å². The Hall–Kier alpha value is -1.68. The number of hydrogen-bond acceptors (Lipinski definition) is 3. The first kappa shape index (κ1) is 17.4. The molecule has 1 atom stereocenters. The third-order valence-corrected chi connectivity index (χ3v) is 3.59.